The molecule has 0 aromatic carbocycles. The van der Waals surface area contributed by atoms with Crippen LogP contribution in [-0.4, -0.2) is 77.5 Å². The third-order valence-electron chi connectivity index (χ3n) is 14.0. The van der Waals surface area contributed by atoms with Gasteiger partial charge in [-0.05, 0) is 50.7 Å². The van der Waals surface area contributed by atoms with Gasteiger partial charge in [-0.3, -0.25) is 14.4 Å². The molecule has 1 aromatic rings. The maximum absolute atomic E-state index is 13.9. The van der Waals surface area contributed by atoms with Gasteiger partial charge in [0.05, 0.1) is 19.6 Å². The number of hydrogen-bond acceptors (Lipinski definition) is 14. The quantitative estimate of drug-likeness (QED) is 0.221. The first-order valence-electron chi connectivity index (χ1n) is 17.6. The second-order valence-corrected chi connectivity index (χ2v) is 16.3. The van der Waals surface area contributed by atoms with Gasteiger partial charge in [-0.2, -0.15) is 0 Å². The summed E-state index contributed by atoms with van der Waals surface area (Å²) in [5.74, 6) is -6.05. The highest BCUT2D eigenvalue weighted by molar-refractivity contribution is 5.88. The van der Waals surface area contributed by atoms with Crippen molar-refractivity contribution in [1.29, 1.82) is 0 Å². The molecule has 4 bridgehead atoms. The molecule has 3 aliphatic heterocycles. The van der Waals surface area contributed by atoms with Gasteiger partial charge in [-0.25, -0.2) is 9.59 Å². The highest BCUT2D eigenvalue weighted by Crippen LogP contribution is 2.90. The third kappa shape index (κ3) is 3.59. The maximum Gasteiger partial charge on any atom is 0.333 e. The Labute approximate surface area is 300 Å². The smallest absolute Gasteiger partial charge is 0.333 e. The number of furan rings is 1. The highest BCUT2D eigenvalue weighted by atomic mass is 16.9. The lowest BCUT2D eigenvalue weighted by molar-refractivity contribution is -0.474. The van der Waals surface area contributed by atoms with Gasteiger partial charge in [-0.15, -0.1) is 0 Å². The predicted octanol–water partition coefficient (Wildman–Crippen LogP) is 4.31. The molecule has 0 amide bonds. The number of allylic oxidation sites excluding steroid dienone is 1. The number of hydrogen-bond donors (Lipinski definition) is 0. The summed E-state index contributed by atoms with van der Waals surface area (Å²) in [7, 11) is 1.29. The van der Waals surface area contributed by atoms with E-state index in [2.05, 4.69) is 0 Å². The van der Waals surface area contributed by atoms with Crippen LogP contribution >= 0.6 is 0 Å². The second kappa shape index (κ2) is 10.4. The molecule has 1 aromatic heterocycles. The molecule has 4 heterocycles. The summed E-state index contributed by atoms with van der Waals surface area (Å²) < 4.78 is 57.7. The summed E-state index contributed by atoms with van der Waals surface area (Å²) >= 11 is 0. The largest absolute Gasteiger partial charge is 0.472 e. The maximum atomic E-state index is 13.9. The minimum Gasteiger partial charge on any atom is -0.472 e. The molecule has 8 rings (SSSR count). The molecule has 52 heavy (non-hydrogen) atoms. The molecule has 4 aliphatic carbocycles. The van der Waals surface area contributed by atoms with E-state index < -0.39 is 98.7 Å². The molecule has 2 spiro atoms. The van der Waals surface area contributed by atoms with E-state index in [0.717, 1.165) is 0 Å². The lowest BCUT2D eigenvalue weighted by Crippen LogP contribution is -2.93. The fourth-order valence-corrected chi connectivity index (χ4v) is 12.4. The van der Waals surface area contributed by atoms with Gasteiger partial charge in [0.1, 0.15) is 17.3 Å². The van der Waals surface area contributed by atoms with Gasteiger partial charge in [0.25, 0.3) is 5.97 Å². The van der Waals surface area contributed by atoms with Crippen LogP contribution in [0.5, 0.6) is 0 Å². The molecule has 2 saturated heterocycles. The summed E-state index contributed by atoms with van der Waals surface area (Å²) in [4.78, 5) is 68.4. The molecule has 4 saturated carbocycles. The van der Waals surface area contributed by atoms with E-state index >= 15 is 0 Å². The predicted molar refractivity (Wildman–Crippen MR) is 173 cm³/mol. The third-order valence-corrected chi connectivity index (χ3v) is 14.0. The Bertz CT molecular complexity index is 1880. The number of carbonyl (C=O) groups is 5. The van der Waals surface area contributed by atoms with E-state index in [0.29, 0.717) is 17.6 Å². The van der Waals surface area contributed by atoms with E-state index in [9.17, 15) is 24.0 Å². The van der Waals surface area contributed by atoms with Crippen LogP contribution in [0.2, 0.25) is 0 Å². The highest BCUT2D eigenvalue weighted by Gasteiger charge is 3.04. The van der Waals surface area contributed by atoms with Crippen molar-refractivity contribution in [1.82, 2.24) is 0 Å². The van der Waals surface area contributed by atoms with Gasteiger partial charge < -0.3 is 42.3 Å². The molecule has 280 valence electrons. The fraction of sp³-hybridized carbons (Fsp3) is 0.658. The van der Waals surface area contributed by atoms with Crippen molar-refractivity contribution in [2.75, 3.05) is 7.11 Å². The Kier molecular flexibility index (Phi) is 6.98. The van der Waals surface area contributed by atoms with Crippen LogP contribution in [0.4, 0.5) is 0 Å². The molecular formula is C38H44O14. The SMILES string of the molecule is C/C=C(\C)C(=O)O[C@@H]1C2(OC(C)=O)[C@@H](OC(C)=O)C34O[C@]5(C)OC3(CC[C@]3(C)C4=CC(=O)O[C@H]3c3ccoc3)[C@]3(C)[C@@H](CC(=O)OC)[C@@]1(C)C[C@]23O5. The topological polar surface area (TPSA) is 172 Å². The van der Waals surface area contributed by atoms with Crippen LogP contribution in [0.15, 0.2) is 46.3 Å². The van der Waals surface area contributed by atoms with Gasteiger partial charge >= 0.3 is 29.8 Å². The number of esters is 5. The Morgan fingerprint density at radius 1 is 0.942 bits per heavy atom. The van der Waals surface area contributed by atoms with Crippen molar-refractivity contribution in [3.8, 4) is 0 Å². The normalized spacial score (nSPS) is 47.5. The van der Waals surface area contributed by atoms with E-state index in [1.165, 1.54) is 39.6 Å². The molecule has 14 heteroatoms. The summed E-state index contributed by atoms with van der Waals surface area (Å²) in [5.41, 5.74) is -9.45. The van der Waals surface area contributed by atoms with Gasteiger partial charge in [0, 0.05) is 60.6 Å². The van der Waals surface area contributed by atoms with Crippen molar-refractivity contribution in [2.24, 2.45) is 22.2 Å². The van der Waals surface area contributed by atoms with Crippen LogP contribution in [0.3, 0.4) is 0 Å². The lowest BCUT2D eigenvalue weighted by Gasteiger charge is -2.76. The zero-order chi connectivity index (χ0) is 37.7. The molecule has 0 N–H and O–H groups in total. The molecule has 7 aliphatic rings. The first-order chi connectivity index (χ1) is 24.3. The van der Waals surface area contributed by atoms with Crippen molar-refractivity contribution in [2.45, 2.75) is 128 Å². The number of cyclic esters (lactones) is 1. The van der Waals surface area contributed by atoms with Crippen molar-refractivity contribution < 1.29 is 66.3 Å². The van der Waals surface area contributed by atoms with Crippen LogP contribution < -0.4 is 0 Å². The number of rotatable bonds is 7. The second-order valence-electron chi connectivity index (χ2n) is 16.3. The Morgan fingerprint density at radius 3 is 2.27 bits per heavy atom. The summed E-state index contributed by atoms with van der Waals surface area (Å²) in [6.07, 6.45) is 2.61. The van der Waals surface area contributed by atoms with Gasteiger partial charge in [-0.1, -0.05) is 26.8 Å². The van der Waals surface area contributed by atoms with E-state index in [4.69, 9.17) is 42.3 Å². The summed E-state index contributed by atoms with van der Waals surface area (Å²) in [5, 5.41) is 0. The number of fused-ring (bicyclic) bond motifs is 3. The summed E-state index contributed by atoms with van der Waals surface area (Å²) in [6.45, 7) is 13.0. The fourth-order valence-electron chi connectivity index (χ4n) is 12.4. The lowest BCUT2D eigenvalue weighted by atomic mass is 9.34. The monoisotopic (exact) mass is 724 g/mol. The van der Waals surface area contributed by atoms with Gasteiger partial charge in [0.15, 0.2) is 17.8 Å². The minimum absolute atomic E-state index is 0.0895. The molecular weight excluding hydrogens is 680 g/mol. The van der Waals surface area contributed by atoms with Crippen molar-refractivity contribution >= 4 is 29.8 Å². The van der Waals surface area contributed by atoms with Crippen LogP contribution in [0, 0.1) is 22.2 Å². The zero-order valence-corrected chi connectivity index (χ0v) is 30.7. The molecule has 0 radical (unpaired) electrons. The van der Waals surface area contributed by atoms with E-state index in [-0.39, 0.29) is 24.8 Å². The zero-order valence-electron chi connectivity index (χ0n) is 30.7. The number of ether oxygens (including phenoxy) is 8. The first-order valence-corrected chi connectivity index (χ1v) is 17.6. The van der Waals surface area contributed by atoms with E-state index in [1.54, 1.807) is 32.9 Å². The van der Waals surface area contributed by atoms with Crippen molar-refractivity contribution in [3.05, 3.63) is 47.5 Å². The average molecular weight is 725 g/mol. The average Bonchev–Trinajstić information content (AvgIpc) is 3.77. The molecule has 14 nitrogen and oxygen atoms in total. The van der Waals surface area contributed by atoms with Crippen LogP contribution in [0.25, 0.3) is 0 Å². The van der Waals surface area contributed by atoms with Gasteiger partial charge in [0.2, 0.25) is 5.60 Å². The molecule has 6 fully saturated rings. The first kappa shape index (κ1) is 35.0. The molecule has 3 unspecified atom stereocenters. The Hall–Kier alpha value is -4.01. The Morgan fingerprint density at radius 2 is 1.65 bits per heavy atom. The minimum atomic E-state index is -2.10. The summed E-state index contributed by atoms with van der Waals surface area (Å²) in [6, 6.07) is 1.71. The number of methoxy groups -OCH3 is 1. The molecule has 12 atom stereocenters. The standard InChI is InChI=1S/C38H44O14/c1-10-19(2)28(43)48-29-32(6)18-36-33(7,23(32)15-25(41)44-9)35-13-12-31(5)24(16-26(42)47-27(31)22-11-14-45-17-22)37(35,52-34(8,50-35)51-36)30(46-20(3)39)38(29,36)49-21(4)40/h10-11,14,16-17,23,27,29-30H,12-13,15,18H2,1-9H3/b19-10+/t23-,27-,29-,30-,31+,32+,33-,34+,35?,36+,37?,38?/m0/s1. The van der Waals surface area contributed by atoms with E-state index in [1.807, 2.05) is 20.8 Å². The number of carbonyl (C=O) groups excluding carboxylic acids is 5. The Balaban J connectivity index is 1.51. The van der Waals surface area contributed by atoms with Crippen molar-refractivity contribution in [3.63, 3.8) is 0 Å². The van der Waals surface area contributed by atoms with Crippen LogP contribution in [0.1, 0.15) is 92.7 Å². The van der Waals surface area contributed by atoms with Crippen LogP contribution in [-0.2, 0) is 61.9 Å².